The Hall–Kier alpha value is -2.27. The van der Waals surface area contributed by atoms with Crippen molar-refractivity contribution in [2.45, 2.75) is 54.2 Å². The van der Waals surface area contributed by atoms with Crippen LogP contribution in [-0.4, -0.2) is 57.9 Å². The third-order valence-electron chi connectivity index (χ3n) is 5.83. The van der Waals surface area contributed by atoms with Crippen LogP contribution < -0.4 is 4.72 Å². The molecule has 204 valence electrons. The monoisotopic (exact) mass is 557 g/mol. The lowest BCUT2D eigenvalue weighted by atomic mass is 9.96. The van der Waals surface area contributed by atoms with Crippen molar-refractivity contribution in [1.82, 2.24) is 4.72 Å². The van der Waals surface area contributed by atoms with E-state index in [1.165, 1.54) is 0 Å². The van der Waals surface area contributed by atoms with Crippen LogP contribution in [0, 0.1) is 0 Å². The van der Waals surface area contributed by atoms with Crippen molar-refractivity contribution >= 4 is 10.0 Å². The van der Waals surface area contributed by atoms with Gasteiger partial charge < -0.3 is 24.1 Å². The van der Waals surface area contributed by atoms with Crippen molar-refractivity contribution in [2.75, 3.05) is 13.7 Å². The van der Waals surface area contributed by atoms with Gasteiger partial charge >= 0.3 is 12.4 Å². The molecular weight excluding hydrogens is 536 g/mol. The number of halogens is 6. The fourth-order valence-corrected chi connectivity index (χ4v) is 5.34. The number of sulfonamides is 1. The largest absolute Gasteiger partial charge is 0.416 e. The lowest BCUT2D eigenvalue weighted by Crippen LogP contribution is -2.66. The molecule has 0 amide bonds. The summed E-state index contributed by atoms with van der Waals surface area (Å²) < 4.78 is 129. The Balaban J connectivity index is 1.63. The quantitative estimate of drug-likeness (QED) is 0.545. The number of fused-ring (bicyclic) bond motifs is 1. The number of ether oxygens (including phenoxy) is 4. The van der Waals surface area contributed by atoms with Crippen LogP contribution in [0.5, 0.6) is 0 Å². The summed E-state index contributed by atoms with van der Waals surface area (Å²) in [6.45, 7) is -0.0802. The van der Waals surface area contributed by atoms with Crippen LogP contribution in [0.2, 0.25) is 0 Å². The Morgan fingerprint density at radius 1 is 0.973 bits per heavy atom. The van der Waals surface area contributed by atoms with Crippen molar-refractivity contribution < 1.29 is 58.8 Å². The molecule has 37 heavy (non-hydrogen) atoms. The van der Waals surface area contributed by atoms with E-state index in [-0.39, 0.29) is 24.8 Å². The van der Waals surface area contributed by atoms with Crippen LogP contribution in [0.4, 0.5) is 26.3 Å². The summed E-state index contributed by atoms with van der Waals surface area (Å²) in [7, 11) is -3.95. The van der Waals surface area contributed by atoms with Gasteiger partial charge in [-0.3, -0.25) is 0 Å². The van der Waals surface area contributed by atoms with Gasteiger partial charge in [0.1, 0.15) is 24.4 Å². The minimum atomic E-state index is -5.26. The zero-order valence-electron chi connectivity index (χ0n) is 18.9. The van der Waals surface area contributed by atoms with Crippen molar-refractivity contribution in [3.8, 4) is 0 Å². The van der Waals surface area contributed by atoms with Crippen molar-refractivity contribution in [3.05, 3.63) is 65.2 Å². The van der Waals surface area contributed by atoms with E-state index in [4.69, 9.17) is 18.9 Å². The highest BCUT2D eigenvalue weighted by Gasteiger charge is 2.51. The molecule has 2 saturated heterocycles. The summed E-state index contributed by atoms with van der Waals surface area (Å²) in [6.07, 6.45) is -16.7. The van der Waals surface area contributed by atoms with Gasteiger partial charge in [-0.1, -0.05) is 30.3 Å². The van der Waals surface area contributed by atoms with E-state index in [0.717, 1.165) is 7.11 Å². The number of alkyl halides is 6. The normalized spacial score (nSPS) is 29.1. The lowest BCUT2D eigenvalue weighted by Gasteiger charge is -2.47. The highest BCUT2D eigenvalue weighted by molar-refractivity contribution is 7.89. The number of aliphatic hydroxyl groups is 1. The van der Waals surface area contributed by atoms with Crippen molar-refractivity contribution in [2.24, 2.45) is 0 Å². The molecule has 0 aromatic heterocycles. The fourth-order valence-electron chi connectivity index (χ4n) is 4.03. The highest BCUT2D eigenvalue weighted by atomic mass is 32.2. The third-order valence-corrected chi connectivity index (χ3v) is 7.27. The van der Waals surface area contributed by atoms with E-state index in [1.807, 2.05) is 4.72 Å². The number of aliphatic hydroxyl groups excluding tert-OH is 1. The van der Waals surface area contributed by atoms with E-state index in [9.17, 15) is 39.9 Å². The van der Waals surface area contributed by atoms with Gasteiger partial charge in [-0.05, 0) is 18.2 Å². The molecule has 2 aromatic carbocycles. The number of methoxy groups -OCH3 is 1. The Labute approximate surface area is 207 Å². The maximum atomic E-state index is 13.2. The summed E-state index contributed by atoms with van der Waals surface area (Å²) in [5.74, 6) is 0. The first-order valence-corrected chi connectivity index (χ1v) is 12.2. The lowest BCUT2D eigenvalue weighted by molar-refractivity contribution is -0.340. The van der Waals surface area contributed by atoms with Gasteiger partial charge in [0.2, 0.25) is 10.0 Å². The number of nitrogens with one attached hydrogen (secondary N) is 1. The summed E-state index contributed by atoms with van der Waals surface area (Å²) in [5, 5.41) is 11.0. The van der Waals surface area contributed by atoms with E-state index in [0.29, 0.717) is 5.56 Å². The maximum Gasteiger partial charge on any atom is 0.416 e. The van der Waals surface area contributed by atoms with Crippen LogP contribution in [0.3, 0.4) is 0 Å². The molecule has 2 aliphatic heterocycles. The second-order valence-electron chi connectivity index (χ2n) is 8.33. The minimum absolute atomic E-state index is 0.0641. The molecule has 2 heterocycles. The van der Waals surface area contributed by atoms with E-state index in [1.54, 1.807) is 30.3 Å². The van der Waals surface area contributed by atoms with E-state index < -0.39 is 75.3 Å². The minimum Gasteiger partial charge on any atom is -0.388 e. The summed E-state index contributed by atoms with van der Waals surface area (Å²) in [5.41, 5.74) is -3.04. The number of hydrogen-bond donors (Lipinski definition) is 2. The number of rotatable bonds is 5. The standard InChI is InChI=1S/C22H21F6NO7S/c1-33-20-16(17(30)18-15(35-20)10-34-19(36-18)11-5-3-2-4-6-11)29-37(31,32)14-8-12(21(23,24)25)7-13(9-14)22(26,27)28/h2-9,15-20,29-30H,10H2,1H3/t15-,16-,17-,18-,19?,20+/m1/s1. The average molecular weight is 557 g/mol. The van der Waals surface area contributed by atoms with Gasteiger partial charge in [0.05, 0.1) is 22.6 Å². The Morgan fingerprint density at radius 2 is 1.57 bits per heavy atom. The molecule has 4 rings (SSSR count). The van der Waals surface area contributed by atoms with Gasteiger partial charge in [-0.2, -0.15) is 26.3 Å². The SMILES string of the molecule is CO[C@H]1O[C@@H]2COC(c3ccccc3)O[C@H]2[C@H](O)[C@H]1NS(=O)(=O)c1cc(C(F)(F)F)cc(C(F)(F)F)c1. The molecule has 2 aromatic rings. The first-order chi connectivity index (χ1) is 17.2. The number of benzene rings is 2. The second-order valence-corrected chi connectivity index (χ2v) is 10.0. The van der Waals surface area contributed by atoms with Gasteiger partial charge in [0, 0.05) is 12.7 Å². The van der Waals surface area contributed by atoms with Gasteiger partial charge in [-0.25, -0.2) is 13.1 Å². The Bertz CT molecular complexity index is 1180. The smallest absolute Gasteiger partial charge is 0.388 e. The van der Waals surface area contributed by atoms with Crippen LogP contribution in [0.15, 0.2) is 53.4 Å². The molecule has 0 spiro atoms. The van der Waals surface area contributed by atoms with Crippen molar-refractivity contribution in [3.63, 3.8) is 0 Å². The Kier molecular flexibility index (Phi) is 7.60. The zero-order valence-corrected chi connectivity index (χ0v) is 19.7. The van der Waals surface area contributed by atoms with E-state index >= 15 is 0 Å². The van der Waals surface area contributed by atoms with Crippen molar-refractivity contribution in [1.29, 1.82) is 0 Å². The summed E-state index contributed by atoms with van der Waals surface area (Å²) in [4.78, 5) is -1.31. The third kappa shape index (κ3) is 5.92. The van der Waals surface area contributed by atoms with Crippen LogP contribution >= 0.6 is 0 Å². The average Bonchev–Trinajstić information content (AvgIpc) is 2.84. The topological polar surface area (TPSA) is 103 Å². The zero-order chi connectivity index (χ0) is 27.2. The molecule has 0 saturated carbocycles. The first kappa shape index (κ1) is 27.8. The molecule has 2 N–H and O–H groups in total. The van der Waals surface area contributed by atoms with Gasteiger partial charge in [0.25, 0.3) is 0 Å². The molecular formula is C22H21F6NO7S. The first-order valence-electron chi connectivity index (χ1n) is 10.7. The molecule has 2 aliphatic rings. The summed E-state index contributed by atoms with van der Waals surface area (Å²) in [6, 6.07) is 6.82. The molecule has 1 unspecified atom stereocenters. The summed E-state index contributed by atoms with van der Waals surface area (Å²) >= 11 is 0. The second kappa shape index (κ2) is 10.1. The predicted molar refractivity (Wildman–Crippen MR) is 112 cm³/mol. The Morgan fingerprint density at radius 3 is 2.11 bits per heavy atom. The molecule has 0 radical (unpaired) electrons. The molecule has 2 fully saturated rings. The van der Waals surface area contributed by atoms with Crippen LogP contribution in [0.1, 0.15) is 23.0 Å². The molecule has 0 bridgehead atoms. The molecule has 6 atom stereocenters. The maximum absolute atomic E-state index is 13.2. The molecule has 0 aliphatic carbocycles. The predicted octanol–water partition coefficient (Wildman–Crippen LogP) is 3.22. The van der Waals surface area contributed by atoms with Crippen LogP contribution in [0.25, 0.3) is 0 Å². The number of hydrogen-bond acceptors (Lipinski definition) is 7. The molecule has 15 heteroatoms. The van der Waals surface area contributed by atoms with Gasteiger partial charge in [-0.15, -0.1) is 0 Å². The molecule has 8 nitrogen and oxygen atoms in total. The highest BCUT2D eigenvalue weighted by Crippen LogP contribution is 2.38. The van der Waals surface area contributed by atoms with Gasteiger partial charge in [0.15, 0.2) is 12.6 Å². The van der Waals surface area contributed by atoms with Crippen LogP contribution in [-0.2, 0) is 41.3 Å². The fraction of sp³-hybridized carbons (Fsp3) is 0.455. The van der Waals surface area contributed by atoms with E-state index in [2.05, 4.69) is 0 Å².